The van der Waals surface area contributed by atoms with E-state index in [9.17, 15) is 4.39 Å². The van der Waals surface area contributed by atoms with Gasteiger partial charge in [-0.1, -0.05) is 29.3 Å². The molecule has 2 aliphatic rings. The van der Waals surface area contributed by atoms with Gasteiger partial charge < -0.3 is 9.30 Å². The van der Waals surface area contributed by atoms with E-state index in [1.165, 1.54) is 13.8 Å². The molecule has 0 N–H and O–H groups in total. The van der Waals surface area contributed by atoms with Crippen LogP contribution in [0.25, 0.3) is 10.9 Å². The predicted molar refractivity (Wildman–Crippen MR) is 140 cm³/mol. The highest BCUT2D eigenvalue weighted by Gasteiger charge is 2.29. The topological polar surface area (TPSA) is 33.5 Å². The van der Waals surface area contributed by atoms with Crippen LogP contribution < -0.4 is 0 Å². The van der Waals surface area contributed by atoms with Crippen LogP contribution in [0, 0.1) is 6.92 Å². The lowest BCUT2D eigenvalue weighted by atomic mass is 10.0. The third-order valence-corrected chi connectivity index (χ3v) is 8.33. The number of alkyl halides is 1. The summed E-state index contributed by atoms with van der Waals surface area (Å²) in [7, 11) is 2.00. The number of aryl methyl sites for hydroxylation is 2. The summed E-state index contributed by atoms with van der Waals surface area (Å²) in [6.45, 7) is 11.7. The standard InChI is InChI=1S/C27H33Cl2FN4O/c1-17-21-11-19(32(4)24(21)13-25(31-17)27(2,3)30)12-22-23(28)6-5-18(26(22)29)14-33-7-9-34(10-8-33)20-15-35-16-20/h5-6,11,13,20H,7-10,12,14-16H2,1-4H3. The van der Waals surface area contributed by atoms with E-state index in [1.807, 2.05) is 32.2 Å². The summed E-state index contributed by atoms with van der Waals surface area (Å²) in [6.07, 6.45) is 0.597. The number of piperazine rings is 1. The van der Waals surface area contributed by atoms with Crippen LogP contribution in [-0.4, -0.2) is 64.8 Å². The molecule has 3 aromatic rings. The van der Waals surface area contributed by atoms with Crippen molar-refractivity contribution in [3.8, 4) is 0 Å². The van der Waals surface area contributed by atoms with Crippen molar-refractivity contribution in [2.75, 3.05) is 39.4 Å². The molecule has 4 heterocycles. The van der Waals surface area contributed by atoms with Crippen molar-refractivity contribution in [2.24, 2.45) is 7.05 Å². The largest absolute Gasteiger partial charge is 0.378 e. The van der Waals surface area contributed by atoms with Crippen LogP contribution in [0.3, 0.4) is 0 Å². The van der Waals surface area contributed by atoms with Gasteiger partial charge in [-0.2, -0.15) is 0 Å². The first-order chi connectivity index (χ1) is 16.6. The van der Waals surface area contributed by atoms with Gasteiger partial charge >= 0.3 is 0 Å². The molecule has 5 rings (SSSR count). The van der Waals surface area contributed by atoms with E-state index in [1.54, 1.807) is 0 Å². The van der Waals surface area contributed by atoms with Crippen molar-refractivity contribution in [1.29, 1.82) is 0 Å². The molecule has 0 bridgehead atoms. The quantitative estimate of drug-likeness (QED) is 0.431. The smallest absolute Gasteiger partial charge is 0.147 e. The van der Waals surface area contributed by atoms with E-state index in [0.29, 0.717) is 23.2 Å². The Bertz CT molecular complexity index is 1240. The minimum absolute atomic E-state index is 0.443. The lowest BCUT2D eigenvalue weighted by Crippen LogP contribution is -2.56. The molecule has 2 saturated heterocycles. The highest BCUT2D eigenvalue weighted by molar-refractivity contribution is 6.36. The van der Waals surface area contributed by atoms with Gasteiger partial charge in [-0.3, -0.25) is 14.8 Å². The fourth-order valence-electron chi connectivity index (χ4n) is 5.09. The van der Waals surface area contributed by atoms with E-state index in [0.717, 1.165) is 84.4 Å². The molecule has 0 spiro atoms. The summed E-state index contributed by atoms with van der Waals surface area (Å²) in [6, 6.07) is 8.57. The molecule has 5 nitrogen and oxygen atoms in total. The second-order valence-electron chi connectivity index (χ2n) is 10.4. The number of hydrogen-bond donors (Lipinski definition) is 0. The second kappa shape index (κ2) is 9.64. The minimum Gasteiger partial charge on any atom is -0.378 e. The third kappa shape index (κ3) is 4.96. The molecule has 2 aliphatic heterocycles. The molecular weight excluding hydrogens is 486 g/mol. The average Bonchev–Trinajstić information content (AvgIpc) is 3.09. The lowest BCUT2D eigenvalue weighted by molar-refractivity contribution is -0.0774. The zero-order valence-electron chi connectivity index (χ0n) is 20.9. The van der Waals surface area contributed by atoms with E-state index in [2.05, 4.69) is 25.4 Å². The molecule has 0 atom stereocenters. The summed E-state index contributed by atoms with van der Waals surface area (Å²) in [4.78, 5) is 9.51. The molecule has 188 valence electrons. The number of nitrogens with zero attached hydrogens (tertiary/aromatic N) is 4. The summed E-state index contributed by atoms with van der Waals surface area (Å²) < 4.78 is 22.1. The average molecular weight is 519 g/mol. The van der Waals surface area contributed by atoms with Crippen LogP contribution in [0.2, 0.25) is 10.0 Å². The Morgan fingerprint density at radius 2 is 1.83 bits per heavy atom. The van der Waals surface area contributed by atoms with Crippen LogP contribution in [0.15, 0.2) is 24.3 Å². The van der Waals surface area contributed by atoms with E-state index >= 15 is 0 Å². The van der Waals surface area contributed by atoms with Crippen molar-refractivity contribution in [3.05, 3.63) is 62.5 Å². The van der Waals surface area contributed by atoms with Crippen molar-refractivity contribution in [2.45, 2.75) is 45.4 Å². The first-order valence-electron chi connectivity index (χ1n) is 12.3. The Labute approximate surface area is 216 Å². The normalized spacial score (nSPS) is 18.4. The van der Waals surface area contributed by atoms with Gasteiger partial charge in [0.2, 0.25) is 0 Å². The second-order valence-corrected chi connectivity index (χ2v) is 11.2. The van der Waals surface area contributed by atoms with Gasteiger partial charge in [-0.15, -0.1) is 0 Å². The number of fused-ring (bicyclic) bond motifs is 1. The molecule has 2 aromatic heterocycles. The molecule has 35 heavy (non-hydrogen) atoms. The Hall–Kier alpha value is -1.70. The Morgan fingerprint density at radius 1 is 1.11 bits per heavy atom. The van der Waals surface area contributed by atoms with Crippen LogP contribution >= 0.6 is 23.2 Å². The molecule has 1 aromatic carbocycles. The molecule has 0 unspecified atom stereocenters. The molecule has 0 aliphatic carbocycles. The number of aromatic nitrogens is 2. The van der Waals surface area contributed by atoms with Gasteiger partial charge in [-0.25, -0.2) is 4.39 Å². The first kappa shape index (κ1) is 25.0. The molecule has 0 radical (unpaired) electrons. The zero-order valence-corrected chi connectivity index (χ0v) is 22.4. The number of ether oxygens (including phenoxy) is 1. The Kier molecular flexibility index (Phi) is 6.88. The van der Waals surface area contributed by atoms with Gasteiger partial charge in [0.05, 0.1) is 35.5 Å². The number of benzene rings is 1. The summed E-state index contributed by atoms with van der Waals surface area (Å²) in [5.74, 6) is 0. The van der Waals surface area contributed by atoms with Crippen molar-refractivity contribution < 1.29 is 9.13 Å². The third-order valence-electron chi connectivity index (χ3n) is 7.50. The fraction of sp³-hybridized carbons (Fsp3) is 0.519. The van der Waals surface area contributed by atoms with E-state index in [4.69, 9.17) is 27.9 Å². The number of hydrogen-bond acceptors (Lipinski definition) is 4. The summed E-state index contributed by atoms with van der Waals surface area (Å²) in [5.41, 5.74) is 3.83. The van der Waals surface area contributed by atoms with Crippen molar-refractivity contribution in [1.82, 2.24) is 19.4 Å². The maximum absolute atomic E-state index is 14.6. The van der Waals surface area contributed by atoms with Crippen molar-refractivity contribution >= 4 is 34.1 Å². The molecule has 8 heteroatoms. The van der Waals surface area contributed by atoms with Gasteiger partial charge in [0, 0.05) is 68.0 Å². The Balaban J connectivity index is 1.37. The van der Waals surface area contributed by atoms with Gasteiger partial charge in [0.15, 0.2) is 0 Å². The minimum atomic E-state index is -1.50. The monoisotopic (exact) mass is 518 g/mol. The maximum Gasteiger partial charge on any atom is 0.147 e. The first-order valence-corrected chi connectivity index (χ1v) is 13.0. The van der Waals surface area contributed by atoms with E-state index in [-0.39, 0.29) is 0 Å². The Morgan fingerprint density at radius 3 is 2.46 bits per heavy atom. The fourth-order valence-corrected chi connectivity index (χ4v) is 5.65. The van der Waals surface area contributed by atoms with Crippen LogP contribution in [0.4, 0.5) is 4.39 Å². The molecule has 0 amide bonds. The van der Waals surface area contributed by atoms with Crippen LogP contribution in [-0.2, 0) is 30.4 Å². The molecule has 2 fully saturated rings. The van der Waals surface area contributed by atoms with Crippen LogP contribution in [0.1, 0.15) is 42.1 Å². The van der Waals surface area contributed by atoms with Crippen LogP contribution in [0.5, 0.6) is 0 Å². The van der Waals surface area contributed by atoms with Gasteiger partial charge in [0.1, 0.15) is 5.67 Å². The SMILES string of the molecule is Cc1nc(C(C)(C)F)cc2c1cc(Cc1c(Cl)ccc(CN3CCN(C4COC4)CC3)c1Cl)n2C. The number of pyridine rings is 1. The van der Waals surface area contributed by atoms with Gasteiger partial charge in [0.25, 0.3) is 0 Å². The predicted octanol–water partition coefficient (Wildman–Crippen LogP) is 5.50. The van der Waals surface area contributed by atoms with E-state index < -0.39 is 5.67 Å². The maximum atomic E-state index is 14.6. The van der Waals surface area contributed by atoms with Crippen molar-refractivity contribution in [3.63, 3.8) is 0 Å². The summed E-state index contributed by atoms with van der Waals surface area (Å²) >= 11 is 13.6. The highest BCUT2D eigenvalue weighted by atomic mass is 35.5. The molecule has 0 saturated carbocycles. The highest BCUT2D eigenvalue weighted by Crippen LogP contribution is 2.34. The molecular formula is C27H33Cl2FN4O. The lowest BCUT2D eigenvalue weighted by Gasteiger charge is -2.42. The number of rotatable bonds is 6. The van der Waals surface area contributed by atoms with Gasteiger partial charge in [-0.05, 0) is 50.1 Å². The zero-order chi connectivity index (χ0) is 24.9. The number of halogens is 3. The summed E-state index contributed by atoms with van der Waals surface area (Å²) in [5, 5.41) is 2.42.